The van der Waals surface area contributed by atoms with Gasteiger partial charge in [0.2, 0.25) is 0 Å². The number of rotatable bonds is 7. The summed E-state index contributed by atoms with van der Waals surface area (Å²) in [5.41, 5.74) is 3.55. The Morgan fingerprint density at radius 3 is 2.41 bits per heavy atom. The lowest BCUT2D eigenvalue weighted by molar-refractivity contribution is -0.0508. The van der Waals surface area contributed by atoms with Crippen LogP contribution in [-0.2, 0) is 13.7 Å². The van der Waals surface area contributed by atoms with Crippen molar-refractivity contribution in [1.82, 2.24) is 29.6 Å². The van der Waals surface area contributed by atoms with Gasteiger partial charge in [0, 0.05) is 12.7 Å². The first kappa shape index (κ1) is 23.4. The molecule has 2 aromatic carbocycles. The van der Waals surface area contributed by atoms with Gasteiger partial charge in [-0.3, -0.25) is 0 Å². The zero-order chi connectivity index (χ0) is 24.6. The molecule has 0 unspecified atom stereocenters. The molecule has 34 heavy (non-hydrogen) atoms. The monoisotopic (exact) mass is 490 g/mol. The first-order valence-corrected chi connectivity index (χ1v) is 10.6. The number of nitrogens with zero attached hydrogens (tertiary/aromatic N) is 6. The Labute approximate surface area is 198 Å². The molecule has 0 N–H and O–H groups in total. The highest BCUT2D eigenvalue weighted by Crippen LogP contribution is 2.32. The highest BCUT2D eigenvalue weighted by Gasteiger charge is 2.19. The lowest BCUT2D eigenvalue weighted by Crippen LogP contribution is -2.23. The number of tetrazole rings is 1. The summed E-state index contributed by atoms with van der Waals surface area (Å²) in [4.78, 5) is 12.4. The normalized spacial score (nSPS) is 11.3. The lowest BCUT2D eigenvalue weighted by atomic mass is 10.1. The van der Waals surface area contributed by atoms with Crippen LogP contribution in [0.2, 0.25) is 5.02 Å². The van der Waals surface area contributed by atoms with Crippen molar-refractivity contribution >= 4 is 11.6 Å². The van der Waals surface area contributed by atoms with Crippen LogP contribution in [0.1, 0.15) is 22.5 Å². The molecule has 0 saturated carbocycles. The average molecular weight is 491 g/mol. The topological polar surface area (TPSA) is 89.0 Å². The van der Waals surface area contributed by atoms with E-state index in [9.17, 15) is 13.6 Å². The van der Waals surface area contributed by atoms with Gasteiger partial charge in [-0.1, -0.05) is 17.7 Å². The minimum atomic E-state index is -3.07. The number of ether oxygens (including phenoxy) is 2. The molecule has 0 fully saturated rings. The van der Waals surface area contributed by atoms with Crippen molar-refractivity contribution in [3.63, 3.8) is 0 Å². The van der Waals surface area contributed by atoms with E-state index < -0.39 is 12.3 Å². The third-order valence-electron chi connectivity index (χ3n) is 5.46. The van der Waals surface area contributed by atoms with Gasteiger partial charge in [0.25, 0.3) is 0 Å². The number of hydrogen-bond acceptors (Lipinski definition) is 6. The van der Waals surface area contributed by atoms with E-state index in [4.69, 9.17) is 16.3 Å². The van der Waals surface area contributed by atoms with Crippen LogP contribution in [0.5, 0.6) is 11.5 Å². The van der Waals surface area contributed by atoms with Crippen LogP contribution < -0.4 is 15.2 Å². The maximum atomic E-state index is 13.0. The molecule has 0 aliphatic rings. The van der Waals surface area contributed by atoms with E-state index in [2.05, 4.69) is 20.3 Å². The predicted octanol–water partition coefficient (Wildman–Crippen LogP) is 3.91. The maximum Gasteiger partial charge on any atom is 0.387 e. The summed E-state index contributed by atoms with van der Waals surface area (Å²) in [5, 5.41) is 12.3. The second-order valence-electron chi connectivity index (χ2n) is 7.54. The Morgan fingerprint density at radius 2 is 1.82 bits per heavy atom. The minimum absolute atomic E-state index is 0.157. The molecule has 12 heteroatoms. The highest BCUT2D eigenvalue weighted by atomic mass is 35.5. The third-order valence-corrected chi connectivity index (χ3v) is 5.75. The quantitative estimate of drug-likeness (QED) is 0.390. The van der Waals surface area contributed by atoms with Gasteiger partial charge < -0.3 is 9.47 Å². The van der Waals surface area contributed by atoms with E-state index in [0.29, 0.717) is 10.8 Å². The lowest BCUT2D eigenvalue weighted by Gasteiger charge is -2.16. The van der Waals surface area contributed by atoms with Gasteiger partial charge in [-0.15, -0.1) is 0 Å². The average Bonchev–Trinajstić information content (AvgIpc) is 3.26. The fraction of sp³-hybridized carbons (Fsp3) is 0.273. The van der Waals surface area contributed by atoms with Crippen LogP contribution in [0.3, 0.4) is 0 Å². The highest BCUT2D eigenvalue weighted by molar-refractivity contribution is 6.32. The summed E-state index contributed by atoms with van der Waals surface area (Å²) >= 11 is 6.46. The summed E-state index contributed by atoms with van der Waals surface area (Å²) < 4.78 is 40.3. The van der Waals surface area contributed by atoms with E-state index in [1.54, 1.807) is 22.9 Å². The van der Waals surface area contributed by atoms with Crippen molar-refractivity contribution < 1.29 is 18.3 Å². The van der Waals surface area contributed by atoms with Crippen molar-refractivity contribution in [2.45, 2.75) is 34.0 Å². The second-order valence-corrected chi connectivity index (χ2v) is 7.95. The molecule has 0 bridgehead atoms. The molecular weight excluding hydrogens is 470 g/mol. The largest absolute Gasteiger partial charge is 0.487 e. The van der Waals surface area contributed by atoms with Crippen LogP contribution in [0.15, 0.2) is 41.2 Å². The molecule has 9 nitrogen and oxygen atoms in total. The van der Waals surface area contributed by atoms with Crippen LogP contribution in [0.4, 0.5) is 8.78 Å². The van der Waals surface area contributed by atoms with Gasteiger partial charge in [-0.25, -0.2) is 9.48 Å². The fourth-order valence-corrected chi connectivity index (χ4v) is 3.66. The number of alkyl halides is 2. The third kappa shape index (κ3) is 4.38. The van der Waals surface area contributed by atoms with Gasteiger partial charge in [0.15, 0.2) is 0 Å². The van der Waals surface area contributed by atoms with E-state index >= 15 is 0 Å². The second kappa shape index (κ2) is 9.26. The van der Waals surface area contributed by atoms with E-state index in [1.807, 2.05) is 20.8 Å². The molecule has 4 rings (SSSR count). The summed E-state index contributed by atoms with van der Waals surface area (Å²) in [6.45, 7) is 2.59. The SMILES string of the molecule is Cc1nn(-c2ccc(OCc3c(OC(F)F)cccc3-n3nnn(C)c3=O)c(Cl)c2)c(C)c1C. The number of hydrogen-bond donors (Lipinski definition) is 0. The molecule has 178 valence electrons. The molecule has 0 atom stereocenters. The van der Waals surface area contributed by atoms with Crippen molar-refractivity contribution in [2.24, 2.45) is 7.05 Å². The Hall–Kier alpha value is -3.73. The Balaban J connectivity index is 1.67. The zero-order valence-electron chi connectivity index (χ0n) is 18.8. The standard InChI is InChI=1S/C22H21ClF2N6O3/c1-12-13(2)26-30(14(12)3)15-8-9-20(17(23)10-15)33-11-16-18(31-22(32)29(4)27-28-31)6-5-7-19(16)34-21(24)25/h5-10,21H,11H2,1-4H3. The van der Waals surface area contributed by atoms with Crippen LogP contribution in [-0.4, -0.2) is 36.2 Å². The smallest absolute Gasteiger partial charge is 0.387 e. The molecule has 2 aromatic heterocycles. The predicted molar refractivity (Wildman–Crippen MR) is 120 cm³/mol. The molecular formula is C22H21ClF2N6O3. The minimum Gasteiger partial charge on any atom is -0.487 e. The molecule has 0 spiro atoms. The zero-order valence-corrected chi connectivity index (χ0v) is 19.5. The summed E-state index contributed by atoms with van der Waals surface area (Å²) in [6, 6.07) is 9.50. The van der Waals surface area contributed by atoms with E-state index in [-0.39, 0.29) is 23.6 Å². The first-order chi connectivity index (χ1) is 16.2. The molecule has 0 aliphatic heterocycles. The van der Waals surface area contributed by atoms with Gasteiger partial charge in [0.1, 0.15) is 18.1 Å². The van der Waals surface area contributed by atoms with Crippen LogP contribution in [0, 0.1) is 20.8 Å². The van der Waals surface area contributed by atoms with Gasteiger partial charge in [0.05, 0.1) is 27.7 Å². The Morgan fingerprint density at radius 1 is 1.06 bits per heavy atom. The van der Waals surface area contributed by atoms with Gasteiger partial charge in [-0.05, 0) is 67.1 Å². The van der Waals surface area contributed by atoms with E-state index in [1.165, 1.54) is 25.2 Å². The summed E-state index contributed by atoms with van der Waals surface area (Å²) in [6.07, 6.45) is 0. The number of aromatic nitrogens is 6. The maximum absolute atomic E-state index is 13.0. The van der Waals surface area contributed by atoms with Crippen molar-refractivity contribution in [2.75, 3.05) is 0 Å². The van der Waals surface area contributed by atoms with Crippen molar-refractivity contribution in [1.29, 1.82) is 0 Å². The molecule has 2 heterocycles. The fourth-order valence-electron chi connectivity index (χ4n) is 3.43. The molecule has 4 aromatic rings. The molecule has 0 aliphatic carbocycles. The number of benzene rings is 2. The van der Waals surface area contributed by atoms with Gasteiger partial charge in [-0.2, -0.15) is 23.2 Å². The van der Waals surface area contributed by atoms with Crippen molar-refractivity contribution in [3.05, 3.63) is 74.4 Å². The Bertz CT molecular complexity index is 1410. The molecule has 0 saturated heterocycles. The van der Waals surface area contributed by atoms with Crippen LogP contribution in [0.25, 0.3) is 11.4 Å². The van der Waals surface area contributed by atoms with Crippen LogP contribution >= 0.6 is 11.6 Å². The summed E-state index contributed by atoms with van der Waals surface area (Å²) in [7, 11) is 1.42. The first-order valence-electron chi connectivity index (χ1n) is 10.2. The number of aryl methyl sites for hydroxylation is 2. The molecule has 0 amide bonds. The molecule has 0 radical (unpaired) electrons. The van der Waals surface area contributed by atoms with Gasteiger partial charge >= 0.3 is 12.3 Å². The van der Waals surface area contributed by atoms with Crippen molar-refractivity contribution in [3.8, 4) is 22.9 Å². The Kier molecular flexibility index (Phi) is 6.38. The number of halogens is 3. The summed E-state index contributed by atoms with van der Waals surface area (Å²) in [5.74, 6) is 0.156. The van der Waals surface area contributed by atoms with E-state index in [0.717, 1.165) is 32.0 Å².